The van der Waals surface area contributed by atoms with E-state index in [1.165, 1.54) is 12.1 Å². The maximum Gasteiger partial charge on any atom is 0.329 e. The number of para-hydroxylation sites is 1. The smallest absolute Gasteiger partial charge is 0.329 e. The first-order valence-electron chi connectivity index (χ1n) is 8.01. The lowest BCUT2D eigenvalue weighted by atomic mass is 10.1. The van der Waals surface area contributed by atoms with Crippen LogP contribution in [0.1, 0.15) is 11.1 Å². The highest BCUT2D eigenvalue weighted by Crippen LogP contribution is 2.24. The number of halogens is 1. The molecule has 0 unspecified atom stereocenters. The second-order valence-electron chi connectivity index (χ2n) is 5.61. The van der Waals surface area contributed by atoms with E-state index in [0.717, 1.165) is 4.90 Å². The molecule has 1 fully saturated rings. The Hall–Kier alpha value is -3.41. The number of rotatable bonds is 6. The molecule has 1 heterocycles. The molecule has 3 rings (SSSR count). The second kappa shape index (κ2) is 7.65. The summed E-state index contributed by atoms with van der Waals surface area (Å²) in [4.78, 5) is 25.2. The lowest BCUT2D eigenvalue weighted by Gasteiger charge is -2.10. The van der Waals surface area contributed by atoms with E-state index in [-0.39, 0.29) is 24.7 Å². The van der Waals surface area contributed by atoms with Crippen LogP contribution in [-0.4, -0.2) is 23.4 Å². The quantitative estimate of drug-likeness (QED) is 0.492. The molecule has 0 atom stereocenters. The predicted molar refractivity (Wildman–Crippen MR) is 95.6 cm³/mol. The Morgan fingerprint density at radius 3 is 2.62 bits per heavy atom. The van der Waals surface area contributed by atoms with E-state index in [4.69, 9.17) is 4.74 Å². The van der Waals surface area contributed by atoms with Gasteiger partial charge in [0.25, 0.3) is 5.91 Å². The summed E-state index contributed by atoms with van der Waals surface area (Å²) in [5, 5.41) is 2.53. The summed E-state index contributed by atoms with van der Waals surface area (Å²) < 4.78 is 19.4. The van der Waals surface area contributed by atoms with Crippen molar-refractivity contribution in [1.29, 1.82) is 0 Å². The van der Waals surface area contributed by atoms with Crippen LogP contribution in [0.15, 0.2) is 66.9 Å². The Kier molecular flexibility index (Phi) is 5.12. The Labute approximate surface area is 150 Å². The Balaban J connectivity index is 1.81. The molecule has 0 spiro atoms. The molecule has 26 heavy (non-hydrogen) atoms. The minimum Gasteiger partial charge on any atom is -0.488 e. The molecule has 1 aliphatic heterocycles. The number of nitrogens with zero attached hydrogens (tertiary/aromatic N) is 1. The average Bonchev–Trinajstić information content (AvgIpc) is 2.90. The molecular weight excluding hydrogens is 335 g/mol. The van der Waals surface area contributed by atoms with Gasteiger partial charge in [0, 0.05) is 17.7 Å². The number of hydrogen-bond acceptors (Lipinski definition) is 3. The third-order valence-electron chi connectivity index (χ3n) is 3.83. The predicted octanol–water partition coefficient (Wildman–Crippen LogP) is 3.48. The molecule has 0 aliphatic carbocycles. The number of amides is 3. The molecule has 6 heteroatoms. The summed E-state index contributed by atoms with van der Waals surface area (Å²) in [5.41, 5.74) is 1.18. The minimum atomic E-state index is -0.495. The van der Waals surface area contributed by atoms with Gasteiger partial charge in [0.2, 0.25) is 0 Å². The fraction of sp³-hybridized carbons (Fsp3) is 0.100. The summed E-state index contributed by atoms with van der Waals surface area (Å²) in [6.07, 6.45) is 3.02. The normalized spacial score (nSPS) is 15.3. The van der Waals surface area contributed by atoms with Gasteiger partial charge in [-0.2, -0.15) is 0 Å². The van der Waals surface area contributed by atoms with Crippen LogP contribution in [0.25, 0.3) is 6.08 Å². The van der Waals surface area contributed by atoms with Crippen LogP contribution in [0.3, 0.4) is 0 Å². The highest BCUT2D eigenvalue weighted by atomic mass is 19.1. The number of carbonyl (C=O) groups is 2. The molecule has 3 amide bonds. The van der Waals surface area contributed by atoms with Crippen molar-refractivity contribution in [2.24, 2.45) is 0 Å². The number of nitrogens with one attached hydrogen (secondary N) is 1. The molecule has 0 bridgehead atoms. The van der Waals surface area contributed by atoms with Crippen LogP contribution in [-0.2, 0) is 11.4 Å². The molecule has 132 valence electrons. The lowest BCUT2D eigenvalue weighted by Crippen LogP contribution is -2.30. The van der Waals surface area contributed by atoms with Crippen molar-refractivity contribution in [3.05, 3.63) is 83.8 Å². The summed E-state index contributed by atoms with van der Waals surface area (Å²) in [7, 11) is 0. The van der Waals surface area contributed by atoms with E-state index in [9.17, 15) is 14.0 Å². The van der Waals surface area contributed by atoms with Gasteiger partial charge < -0.3 is 10.1 Å². The summed E-state index contributed by atoms with van der Waals surface area (Å²) in [6.45, 7) is 3.72. The maximum absolute atomic E-state index is 13.7. The molecular formula is C20H17FN2O3. The van der Waals surface area contributed by atoms with Gasteiger partial charge in [-0.05, 0) is 18.2 Å². The molecule has 5 nitrogen and oxygen atoms in total. The van der Waals surface area contributed by atoms with Gasteiger partial charge in [0.1, 0.15) is 23.9 Å². The summed E-state index contributed by atoms with van der Waals surface area (Å²) in [6, 6.07) is 12.9. The molecule has 0 aromatic heterocycles. The summed E-state index contributed by atoms with van der Waals surface area (Å²) in [5.74, 6) is -0.298. The maximum atomic E-state index is 13.7. The van der Waals surface area contributed by atoms with Crippen LogP contribution in [0, 0.1) is 5.82 Å². The number of hydrogen-bond donors (Lipinski definition) is 1. The van der Waals surface area contributed by atoms with Gasteiger partial charge in [0.15, 0.2) is 0 Å². The first kappa shape index (κ1) is 17.4. The lowest BCUT2D eigenvalue weighted by molar-refractivity contribution is -0.122. The highest BCUT2D eigenvalue weighted by molar-refractivity contribution is 6.14. The van der Waals surface area contributed by atoms with Gasteiger partial charge in [-0.3, -0.25) is 9.69 Å². The van der Waals surface area contributed by atoms with E-state index < -0.39 is 11.9 Å². The van der Waals surface area contributed by atoms with Gasteiger partial charge in [0.05, 0.1) is 0 Å². The zero-order valence-corrected chi connectivity index (χ0v) is 13.9. The van der Waals surface area contributed by atoms with Crippen molar-refractivity contribution in [2.75, 3.05) is 6.54 Å². The van der Waals surface area contributed by atoms with Gasteiger partial charge in [-0.1, -0.05) is 42.5 Å². The first-order valence-corrected chi connectivity index (χ1v) is 8.01. The minimum absolute atomic E-state index is 0.0513. The average molecular weight is 352 g/mol. The van der Waals surface area contributed by atoms with E-state index in [1.54, 1.807) is 48.5 Å². The monoisotopic (exact) mass is 352 g/mol. The molecule has 2 aromatic rings. The van der Waals surface area contributed by atoms with Crippen LogP contribution >= 0.6 is 0 Å². The third-order valence-corrected chi connectivity index (χ3v) is 3.83. The number of imide groups is 1. The van der Waals surface area contributed by atoms with E-state index in [2.05, 4.69) is 11.9 Å². The summed E-state index contributed by atoms with van der Waals surface area (Å²) >= 11 is 0. The molecule has 1 N–H and O–H groups in total. The Morgan fingerprint density at radius 2 is 1.85 bits per heavy atom. The van der Waals surface area contributed by atoms with Gasteiger partial charge in [-0.15, -0.1) is 6.58 Å². The fourth-order valence-electron chi connectivity index (χ4n) is 2.52. The fourth-order valence-corrected chi connectivity index (χ4v) is 2.52. The number of carbonyl (C=O) groups excluding carboxylic acids is 2. The Bertz CT molecular complexity index is 892. The first-order chi connectivity index (χ1) is 12.6. The van der Waals surface area contributed by atoms with Crippen molar-refractivity contribution < 1.29 is 18.7 Å². The zero-order chi connectivity index (χ0) is 18.5. The second-order valence-corrected chi connectivity index (χ2v) is 5.61. The third kappa shape index (κ3) is 3.64. The van der Waals surface area contributed by atoms with Crippen LogP contribution in [0.4, 0.5) is 9.18 Å². The number of benzene rings is 2. The van der Waals surface area contributed by atoms with E-state index in [1.807, 2.05) is 0 Å². The van der Waals surface area contributed by atoms with Crippen molar-refractivity contribution in [3.8, 4) is 5.75 Å². The topological polar surface area (TPSA) is 58.6 Å². The molecule has 1 saturated heterocycles. The van der Waals surface area contributed by atoms with Crippen LogP contribution < -0.4 is 10.1 Å². The van der Waals surface area contributed by atoms with E-state index in [0.29, 0.717) is 16.9 Å². The molecule has 0 saturated carbocycles. The Morgan fingerprint density at radius 1 is 1.12 bits per heavy atom. The number of urea groups is 1. The van der Waals surface area contributed by atoms with E-state index >= 15 is 0 Å². The molecule has 0 radical (unpaired) electrons. The molecule has 1 aliphatic rings. The molecule has 2 aromatic carbocycles. The zero-order valence-electron chi connectivity index (χ0n) is 13.9. The van der Waals surface area contributed by atoms with Crippen molar-refractivity contribution in [1.82, 2.24) is 10.2 Å². The van der Waals surface area contributed by atoms with Crippen molar-refractivity contribution in [3.63, 3.8) is 0 Å². The van der Waals surface area contributed by atoms with Crippen LogP contribution in [0.5, 0.6) is 5.75 Å². The van der Waals surface area contributed by atoms with Crippen LogP contribution in [0.2, 0.25) is 0 Å². The SMILES string of the molecule is C=CCN1C(=O)N/C(=C/c2ccccc2OCc2ccccc2F)C1=O. The van der Waals surface area contributed by atoms with Gasteiger partial charge >= 0.3 is 6.03 Å². The largest absolute Gasteiger partial charge is 0.488 e. The van der Waals surface area contributed by atoms with Gasteiger partial charge in [-0.25, -0.2) is 9.18 Å². The standard InChI is InChI=1S/C20H17FN2O3/c1-2-11-23-19(24)17(22-20(23)25)12-14-7-4-6-10-18(14)26-13-15-8-3-5-9-16(15)21/h2-10,12H,1,11,13H2,(H,22,25)/b17-12+. The van der Waals surface area contributed by atoms with Crippen molar-refractivity contribution >= 4 is 18.0 Å². The number of ether oxygens (including phenoxy) is 1. The highest BCUT2D eigenvalue weighted by Gasteiger charge is 2.32. The van der Waals surface area contributed by atoms with Crippen molar-refractivity contribution in [2.45, 2.75) is 6.61 Å².